The number of ether oxygens (including phenoxy) is 3. The summed E-state index contributed by atoms with van der Waals surface area (Å²) < 4.78 is 42.1. The zero-order valence-electron chi connectivity index (χ0n) is 12.7. The fourth-order valence-corrected chi connectivity index (χ4v) is 2.27. The van der Waals surface area contributed by atoms with Crippen LogP contribution in [0.3, 0.4) is 0 Å². The molecule has 0 unspecified atom stereocenters. The van der Waals surface area contributed by atoms with E-state index in [9.17, 15) is 8.78 Å². The fourth-order valence-electron chi connectivity index (χ4n) is 2.27. The van der Waals surface area contributed by atoms with Crippen LogP contribution >= 0.6 is 0 Å². The molecule has 1 fully saturated rings. The Morgan fingerprint density at radius 2 is 1.77 bits per heavy atom. The number of alkyl halides is 2. The summed E-state index contributed by atoms with van der Waals surface area (Å²) in [5.41, 5.74) is 6.25. The number of hydrogen-bond donors (Lipinski definition) is 1. The van der Waals surface area contributed by atoms with E-state index in [4.69, 9.17) is 19.9 Å². The third-order valence-electron chi connectivity index (χ3n) is 3.39. The van der Waals surface area contributed by atoms with Crippen LogP contribution in [0, 0.1) is 0 Å². The average Bonchev–Trinajstić information content (AvgIpc) is 2.86. The van der Waals surface area contributed by atoms with E-state index in [1.165, 1.54) is 26.2 Å². The van der Waals surface area contributed by atoms with Crippen molar-refractivity contribution >= 4 is 11.6 Å². The topological polar surface area (TPSA) is 69.3 Å². The van der Waals surface area contributed by atoms with Crippen LogP contribution in [0.1, 0.15) is 6.42 Å². The largest absolute Gasteiger partial charge is 0.493 e. The maximum absolute atomic E-state index is 13.2. The summed E-state index contributed by atoms with van der Waals surface area (Å²) >= 11 is 0. The van der Waals surface area contributed by atoms with E-state index >= 15 is 0 Å². The molecule has 2 rings (SSSR count). The van der Waals surface area contributed by atoms with Gasteiger partial charge >= 0.3 is 0 Å². The van der Waals surface area contributed by atoms with Crippen molar-refractivity contribution in [2.45, 2.75) is 12.3 Å². The molecule has 0 bridgehead atoms. The second-order valence-corrected chi connectivity index (χ2v) is 4.88. The van der Waals surface area contributed by atoms with Gasteiger partial charge in [-0.1, -0.05) is 0 Å². The van der Waals surface area contributed by atoms with E-state index in [2.05, 4.69) is 4.99 Å². The Kier molecular flexibility index (Phi) is 4.58. The highest BCUT2D eigenvalue weighted by Crippen LogP contribution is 2.41. The van der Waals surface area contributed by atoms with Crippen molar-refractivity contribution in [3.05, 3.63) is 12.1 Å². The molecular weight excluding hydrogens is 296 g/mol. The molecule has 0 aliphatic carbocycles. The van der Waals surface area contributed by atoms with Gasteiger partial charge in [0, 0.05) is 25.1 Å². The minimum Gasteiger partial charge on any atom is -0.493 e. The summed E-state index contributed by atoms with van der Waals surface area (Å²) in [7, 11) is 4.45. The monoisotopic (exact) mass is 315 g/mol. The van der Waals surface area contributed by atoms with Crippen molar-refractivity contribution in [2.75, 3.05) is 34.4 Å². The minimum absolute atomic E-state index is 0.0337. The van der Waals surface area contributed by atoms with Crippen molar-refractivity contribution < 1.29 is 23.0 Å². The number of aliphatic imine (C=N–C) groups is 1. The summed E-state index contributed by atoms with van der Waals surface area (Å²) in [4.78, 5) is 5.52. The first-order valence-electron chi connectivity index (χ1n) is 6.67. The molecule has 0 saturated carbocycles. The van der Waals surface area contributed by atoms with E-state index in [-0.39, 0.29) is 18.9 Å². The van der Waals surface area contributed by atoms with Crippen molar-refractivity contribution in [3.8, 4) is 17.2 Å². The Morgan fingerprint density at radius 3 is 2.18 bits per heavy atom. The van der Waals surface area contributed by atoms with Crippen LogP contribution in [0.15, 0.2) is 17.1 Å². The van der Waals surface area contributed by atoms with Crippen molar-refractivity contribution in [1.82, 2.24) is 4.90 Å². The molecule has 8 heteroatoms. The van der Waals surface area contributed by atoms with Crippen molar-refractivity contribution in [1.29, 1.82) is 0 Å². The van der Waals surface area contributed by atoms with E-state index in [0.717, 1.165) is 0 Å². The Balaban J connectivity index is 2.30. The highest BCUT2D eigenvalue weighted by molar-refractivity contribution is 5.82. The second kappa shape index (κ2) is 6.25. The van der Waals surface area contributed by atoms with E-state index in [0.29, 0.717) is 22.9 Å². The highest BCUT2D eigenvalue weighted by atomic mass is 19.3. The molecule has 1 aromatic carbocycles. The summed E-state index contributed by atoms with van der Waals surface area (Å²) in [6.07, 6.45) is -0.224. The summed E-state index contributed by atoms with van der Waals surface area (Å²) in [6.45, 7) is -0.250. The number of hydrogen-bond acceptors (Lipinski definition) is 4. The molecule has 0 amide bonds. The SMILES string of the molecule is COc1cc(N=C(N)N2CCC(F)(F)C2)cc(OC)c1OC. The lowest BCUT2D eigenvalue weighted by molar-refractivity contribution is 0.0175. The van der Waals surface area contributed by atoms with Crippen LogP contribution in [0.4, 0.5) is 14.5 Å². The van der Waals surface area contributed by atoms with Gasteiger partial charge in [-0.25, -0.2) is 13.8 Å². The molecule has 122 valence electrons. The van der Waals surface area contributed by atoms with Crippen molar-refractivity contribution in [2.24, 2.45) is 10.7 Å². The number of guanidine groups is 1. The molecular formula is C14H19F2N3O3. The minimum atomic E-state index is -2.73. The Hall–Kier alpha value is -2.25. The molecule has 0 radical (unpaired) electrons. The Bertz CT molecular complexity index is 553. The molecule has 22 heavy (non-hydrogen) atoms. The Morgan fingerprint density at radius 1 is 1.18 bits per heavy atom. The molecule has 1 saturated heterocycles. The van der Waals surface area contributed by atoms with Gasteiger partial charge in [0.2, 0.25) is 5.75 Å². The number of halogens is 2. The van der Waals surface area contributed by atoms with Gasteiger partial charge in [-0.2, -0.15) is 0 Å². The second-order valence-electron chi connectivity index (χ2n) is 4.88. The molecule has 1 aliphatic rings. The number of nitrogens with two attached hydrogens (primary N) is 1. The van der Waals surface area contributed by atoms with Crippen LogP contribution in [0.5, 0.6) is 17.2 Å². The van der Waals surface area contributed by atoms with Crippen LogP contribution in [0.2, 0.25) is 0 Å². The van der Waals surface area contributed by atoms with E-state index in [1.54, 1.807) is 12.1 Å². The van der Waals surface area contributed by atoms with Gasteiger partial charge in [-0.3, -0.25) is 0 Å². The lowest BCUT2D eigenvalue weighted by atomic mass is 10.2. The molecule has 2 N–H and O–H groups in total. The first-order valence-corrected chi connectivity index (χ1v) is 6.67. The van der Waals surface area contributed by atoms with Gasteiger partial charge in [-0.05, 0) is 0 Å². The molecule has 6 nitrogen and oxygen atoms in total. The van der Waals surface area contributed by atoms with Gasteiger partial charge in [-0.15, -0.1) is 0 Å². The molecule has 0 atom stereocenters. The van der Waals surface area contributed by atoms with Crippen LogP contribution in [0.25, 0.3) is 0 Å². The molecule has 1 aromatic rings. The van der Waals surface area contributed by atoms with Gasteiger partial charge in [0.05, 0.1) is 33.6 Å². The lowest BCUT2D eigenvalue weighted by Gasteiger charge is -2.17. The first-order chi connectivity index (χ1) is 10.4. The third kappa shape index (κ3) is 3.32. The van der Waals surface area contributed by atoms with Gasteiger partial charge in [0.15, 0.2) is 17.5 Å². The predicted octanol–water partition coefficient (Wildman–Crippen LogP) is 2.00. The zero-order valence-corrected chi connectivity index (χ0v) is 12.7. The quantitative estimate of drug-likeness (QED) is 0.680. The maximum Gasteiger partial charge on any atom is 0.267 e. The number of nitrogens with zero attached hydrogens (tertiary/aromatic N) is 2. The normalized spacial score (nSPS) is 17.5. The van der Waals surface area contributed by atoms with E-state index in [1.807, 2.05) is 0 Å². The number of rotatable bonds is 4. The molecule has 1 aliphatic heterocycles. The predicted molar refractivity (Wildman–Crippen MR) is 78.5 cm³/mol. The summed E-state index contributed by atoms with van der Waals surface area (Å²) in [5, 5.41) is 0. The fraction of sp³-hybridized carbons (Fsp3) is 0.500. The average molecular weight is 315 g/mol. The maximum atomic E-state index is 13.2. The smallest absolute Gasteiger partial charge is 0.267 e. The van der Waals surface area contributed by atoms with Gasteiger partial charge in [0.1, 0.15) is 0 Å². The van der Waals surface area contributed by atoms with Gasteiger partial charge in [0.25, 0.3) is 5.92 Å². The van der Waals surface area contributed by atoms with E-state index < -0.39 is 12.5 Å². The molecule has 1 heterocycles. The standard InChI is InChI=1S/C14H19F2N3O3/c1-20-10-6-9(7-11(21-2)12(10)22-3)18-13(17)19-5-4-14(15,16)8-19/h6-7H,4-5,8H2,1-3H3,(H2,17,18). The lowest BCUT2D eigenvalue weighted by Crippen LogP contribution is -2.36. The van der Waals surface area contributed by atoms with Crippen LogP contribution in [-0.4, -0.2) is 51.2 Å². The summed E-state index contributed by atoms with van der Waals surface area (Å²) in [5.74, 6) is -1.43. The highest BCUT2D eigenvalue weighted by Gasteiger charge is 2.39. The van der Waals surface area contributed by atoms with Gasteiger partial charge < -0.3 is 24.8 Å². The molecule has 0 aromatic heterocycles. The number of likely N-dealkylation sites (tertiary alicyclic amines) is 1. The van der Waals surface area contributed by atoms with Crippen LogP contribution < -0.4 is 19.9 Å². The zero-order chi connectivity index (χ0) is 16.3. The Labute approximate surface area is 127 Å². The number of benzene rings is 1. The van der Waals surface area contributed by atoms with Crippen molar-refractivity contribution in [3.63, 3.8) is 0 Å². The number of methoxy groups -OCH3 is 3. The van der Waals surface area contributed by atoms with Crippen LogP contribution in [-0.2, 0) is 0 Å². The summed E-state index contributed by atoms with van der Waals surface area (Å²) in [6, 6.07) is 3.20. The molecule has 0 spiro atoms. The third-order valence-corrected chi connectivity index (χ3v) is 3.39. The first kappa shape index (κ1) is 16.1.